The molecule has 1 amide bonds. The molecular formula is C19H17NO2S2. The Morgan fingerprint density at radius 1 is 1.08 bits per heavy atom. The van der Waals surface area contributed by atoms with Crippen LogP contribution >= 0.6 is 24.0 Å². The molecule has 2 aromatic rings. The molecule has 2 aromatic carbocycles. The van der Waals surface area contributed by atoms with Gasteiger partial charge in [0.15, 0.2) is 4.32 Å². The van der Waals surface area contributed by atoms with Crippen LogP contribution in [0.2, 0.25) is 0 Å². The highest BCUT2D eigenvalue weighted by Gasteiger charge is 2.33. The van der Waals surface area contributed by atoms with Crippen LogP contribution < -0.4 is 9.64 Å². The fourth-order valence-electron chi connectivity index (χ4n) is 2.33. The lowest BCUT2D eigenvalue weighted by Gasteiger charge is -2.13. The van der Waals surface area contributed by atoms with Crippen molar-refractivity contribution in [3.63, 3.8) is 0 Å². The molecule has 0 atom stereocenters. The molecule has 0 unspecified atom stereocenters. The van der Waals surface area contributed by atoms with Crippen LogP contribution in [0.4, 0.5) is 5.69 Å². The van der Waals surface area contributed by atoms with Gasteiger partial charge in [-0.1, -0.05) is 54.3 Å². The van der Waals surface area contributed by atoms with Gasteiger partial charge >= 0.3 is 0 Å². The highest BCUT2D eigenvalue weighted by Crippen LogP contribution is 2.35. The smallest absolute Gasteiger partial charge is 0.270 e. The van der Waals surface area contributed by atoms with Gasteiger partial charge in [-0.25, -0.2) is 0 Å². The maximum atomic E-state index is 12.7. The average molecular weight is 355 g/mol. The molecule has 3 rings (SSSR count). The van der Waals surface area contributed by atoms with Crippen molar-refractivity contribution in [1.82, 2.24) is 0 Å². The van der Waals surface area contributed by atoms with Crippen LogP contribution in [0, 0.1) is 0 Å². The lowest BCUT2D eigenvalue weighted by Crippen LogP contribution is -2.27. The number of hydrogen-bond donors (Lipinski definition) is 0. The van der Waals surface area contributed by atoms with Gasteiger partial charge in [-0.15, -0.1) is 0 Å². The third kappa shape index (κ3) is 3.68. The number of nitrogens with zero attached hydrogens (tertiary/aromatic N) is 1. The predicted molar refractivity (Wildman–Crippen MR) is 104 cm³/mol. The second-order valence-electron chi connectivity index (χ2n) is 5.59. The van der Waals surface area contributed by atoms with E-state index in [-0.39, 0.29) is 12.0 Å². The zero-order chi connectivity index (χ0) is 17.1. The van der Waals surface area contributed by atoms with E-state index in [0.29, 0.717) is 9.23 Å². The van der Waals surface area contributed by atoms with Crippen molar-refractivity contribution in [2.45, 2.75) is 20.0 Å². The molecule has 0 radical (unpaired) electrons. The Hall–Kier alpha value is -2.11. The number of ether oxygens (including phenoxy) is 1. The molecule has 1 saturated heterocycles. The fraction of sp³-hybridized carbons (Fsp3) is 0.158. The number of carbonyl (C=O) groups is 1. The van der Waals surface area contributed by atoms with Gasteiger partial charge in [0, 0.05) is 0 Å². The van der Waals surface area contributed by atoms with Crippen LogP contribution in [0.3, 0.4) is 0 Å². The molecule has 3 nitrogen and oxygen atoms in total. The summed E-state index contributed by atoms with van der Waals surface area (Å²) in [5.74, 6) is 0.734. The van der Waals surface area contributed by atoms with E-state index in [1.54, 1.807) is 4.90 Å². The number of rotatable bonds is 4. The first-order chi connectivity index (χ1) is 11.5. The minimum atomic E-state index is -0.0845. The van der Waals surface area contributed by atoms with Crippen molar-refractivity contribution in [3.8, 4) is 5.75 Å². The highest BCUT2D eigenvalue weighted by molar-refractivity contribution is 8.27. The van der Waals surface area contributed by atoms with Gasteiger partial charge in [0.2, 0.25) is 0 Å². The summed E-state index contributed by atoms with van der Waals surface area (Å²) in [6, 6.07) is 17.2. The van der Waals surface area contributed by atoms with Gasteiger partial charge in [0.25, 0.3) is 5.91 Å². The monoisotopic (exact) mass is 355 g/mol. The SMILES string of the molecule is CC(C)Oc1ccc(/C=C2\SC(=S)N(c3ccccc3)C2=O)cc1. The summed E-state index contributed by atoms with van der Waals surface area (Å²) < 4.78 is 6.18. The lowest BCUT2D eigenvalue weighted by atomic mass is 10.2. The zero-order valence-electron chi connectivity index (χ0n) is 13.4. The topological polar surface area (TPSA) is 29.5 Å². The van der Waals surface area contributed by atoms with Gasteiger partial charge in [-0.2, -0.15) is 0 Å². The summed E-state index contributed by atoms with van der Waals surface area (Å²) >= 11 is 6.69. The normalized spacial score (nSPS) is 16.3. The van der Waals surface area contributed by atoms with Crippen molar-refractivity contribution in [3.05, 3.63) is 65.1 Å². The van der Waals surface area contributed by atoms with E-state index < -0.39 is 0 Å². The van der Waals surface area contributed by atoms with Crippen molar-refractivity contribution in [1.29, 1.82) is 0 Å². The van der Waals surface area contributed by atoms with E-state index in [9.17, 15) is 4.79 Å². The van der Waals surface area contributed by atoms with Crippen molar-refractivity contribution in [2.24, 2.45) is 0 Å². The second-order valence-corrected chi connectivity index (χ2v) is 7.26. The highest BCUT2D eigenvalue weighted by atomic mass is 32.2. The molecule has 1 heterocycles. The minimum absolute atomic E-state index is 0.0845. The van der Waals surface area contributed by atoms with E-state index in [0.717, 1.165) is 17.0 Å². The van der Waals surface area contributed by atoms with Crippen molar-refractivity contribution >= 4 is 46.0 Å². The molecule has 24 heavy (non-hydrogen) atoms. The Labute approximate surface area is 151 Å². The Morgan fingerprint density at radius 2 is 1.75 bits per heavy atom. The van der Waals surface area contributed by atoms with Gasteiger partial charge < -0.3 is 4.74 Å². The molecule has 1 aliphatic heterocycles. The maximum absolute atomic E-state index is 12.7. The van der Waals surface area contributed by atoms with Gasteiger partial charge in [0.05, 0.1) is 16.7 Å². The van der Waals surface area contributed by atoms with E-state index >= 15 is 0 Å². The van der Waals surface area contributed by atoms with Crippen LogP contribution in [0.5, 0.6) is 5.75 Å². The third-order valence-corrected chi connectivity index (χ3v) is 4.66. The zero-order valence-corrected chi connectivity index (χ0v) is 15.1. The van der Waals surface area contributed by atoms with Crippen LogP contribution in [0.15, 0.2) is 59.5 Å². The molecule has 0 N–H and O–H groups in total. The summed E-state index contributed by atoms with van der Waals surface area (Å²) in [5.41, 5.74) is 1.74. The van der Waals surface area contributed by atoms with Gasteiger partial charge in [-0.05, 0) is 49.8 Å². The largest absolute Gasteiger partial charge is 0.491 e. The molecule has 1 aliphatic rings. The van der Waals surface area contributed by atoms with Gasteiger partial charge in [-0.3, -0.25) is 9.69 Å². The number of anilines is 1. The van der Waals surface area contributed by atoms with E-state index in [4.69, 9.17) is 17.0 Å². The molecule has 0 aromatic heterocycles. The second kappa shape index (κ2) is 7.20. The number of thiocarbonyl (C=S) groups is 1. The average Bonchev–Trinajstić information content (AvgIpc) is 2.83. The van der Waals surface area contributed by atoms with Crippen LogP contribution in [-0.2, 0) is 4.79 Å². The summed E-state index contributed by atoms with van der Waals surface area (Å²) in [4.78, 5) is 14.9. The molecule has 1 fully saturated rings. The number of benzene rings is 2. The summed E-state index contributed by atoms with van der Waals surface area (Å²) in [6.07, 6.45) is 2.00. The molecular weight excluding hydrogens is 338 g/mol. The molecule has 5 heteroatoms. The van der Waals surface area contributed by atoms with Crippen LogP contribution in [-0.4, -0.2) is 16.3 Å². The summed E-state index contributed by atoms with van der Waals surface area (Å²) in [5, 5.41) is 0. The quantitative estimate of drug-likeness (QED) is 0.577. The van der Waals surface area contributed by atoms with Crippen LogP contribution in [0.1, 0.15) is 19.4 Å². The Kier molecular flexibility index (Phi) is 5.02. The van der Waals surface area contributed by atoms with E-state index in [1.807, 2.05) is 74.5 Å². The number of para-hydroxylation sites is 1. The lowest BCUT2D eigenvalue weighted by molar-refractivity contribution is -0.113. The molecule has 122 valence electrons. The number of thioether (sulfide) groups is 1. The summed E-state index contributed by atoms with van der Waals surface area (Å²) in [6.45, 7) is 3.98. The van der Waals surface area contributed by atoms with E-state index in [2.05, 4.69) is 0 Å². The summed E-state index contributed by atoms with van der Waals surface area (Å²) in [7, 11) is 0. The van der Waals surface area contributed by atoms with E-state index in [1.165, 1.54) is 11.8 Å². The Morgan fingerprint density at radius 3 is 2.38 bits per heavy atom. The first-order valence-corrected chi connectivity index (χ1v) is 8.87. The molecule has 0 saturated carbocycles. The van der Waals surface area contributed by atoms with Gasteiger partial charge in [0.1, 0.15) is 5.75 Å². The predicted octanol–water partition coefficient (Wildman–Crippen LogP) is 4.88. The first-order valence-electron chi connectivity index (χ1n) is 7.64. The Bertz CT molecular complexity index is 783. The first kappa shape index (κ1) is 16.7. The number of carbonyl (C=O) groups excluding carboxylic acids is 1. The van der Waals surface area contributed by atoms with Crippen molar-refractivity contribution in [2.75, 3.05) is 4.90 Å². The van der Waals surface area contributed by atoms with Crippen LogP contribution in [0.25, 0.3) is 6.08 Å². The number of hydrogen-bond acceptors (Lipinski definition) is 4. The number of amides is 1. The molecule has 0 bridgehead atoms. The maximum Gasteiger partial charge on any atom is 0.270 e. The fourth-order valence-corrected chi connectivity index (χ4v) is 3.63. The molecule has 0 aliphatic carbocycles. The Balaban J connectivity index is 1.81. The minimum Gasteiger partial charge on any atom is -0.491 e. The molecule has 0 spiro atoms. The standard InChI is InChI=1S/C19H17NO2S2/c1-13(2)22-16-10-8-14(9-11-16)12-17-18(21)20(19(23)24-17)15-6-4-3-5-7-15/h3-13H,1-2H3/b17-12-. The third-order valence-electron chi connectivity index (χ3n) is 3.36. The van der Waals surface area contributed by atoms with Crippen molar-refractivity contribution < 1.29 is 9.53 Å².